The Morgan fingerprint density at radius 2 is 2.40 bits per heavy atom. The van der Waals surface area contributed by atoms with Crippen molar-refractivity contribution in [1.29, 1.82) is 0 Å². The van der Waals surface area contributed by atoms with E-state index in [1.165, 1.54) is 12.8 Å². The van der Waals surface area contributed by atoms with Crippen molar-refractivity contribution >= 4 is 0 Å². The lowest BCUT2D eigenvalue weighted by Gasteiger charge is -2.05. The van der Waals surface area contributed by atoms with Gasteiger partial charge in [0.2, 0.25) is 0 Å². The standard InChI is InChI=1S/C8H16O2/c1-3-7-4-8(6-9-2)10-5-7/h7-8H,3-6H2,1-2H3/t7-,8-/m0/s1. The lowest BCUT2D eigenvalue weighted by atomic mass is 10.0. The largest absolute Gasteiger partial charge is 0.382 e. The van der Waals surface area contributed by atoms with Gasteiger partial charge in [-0.3, -0.25) is 0 Å². The van der Waals surface area contributed by atoms with Crippen LogP contribution in [0.5, 0.6) is 0 Å². The average Bonchev–Trinajstić information content (AvgIpc) is 2.37. The second-order valence-corrected chi connectivity index (χ2v) is 2.92. The van der Waals surface area contributed by atoms with Crippen molar-refractivity contribution in [2.75, 3.05) is 20.3 Å². The van der Waals surface area contributed by atoms with Gasteiger partial charge in [0.05, 0.1) is 12.7 Å². The van der Waals surface area contributed by atoms with Crippen molar-refractivity contribution in [1.82, 2.24) is 0 Å². The molecule has 0 aromatic rings. The minimum atomic E-state index is 0.370. The predicted octanol–water partition coefficient (Wildman–Crippen LogP) is 1.45. The van der Waals surface area contributed by atoms with Crippen LogP contribution in [0.2, 0.25) is 0 Å². The Bertz CT molecular complexity index is 93.3. The van der Waals surface area contributed by atoms with Crippen LogP contribution in [-0.2, 0) is 9.47 Å². The topological polar surface area (TPSA) is 18.5 Å². The Balaban J connectivity index is 2.15. The van der Waals surface area contributed by atoms with Gasteiger partial charge in [-0.1, -0.05) is 13.3 Å². The van der Waals surface area contributed by atoms with Gasteiger partial charge >= 0.3 is 0 Å². The van der Waals surface area contributed by atoms with Crippen LogP contribution < -0.4 is 0 Å². The van der Waals surface area contributed by atoms with E-state index in [0.29, 0.717) is 6.10 Å². The van der Waals surface area contributed by atoms with Crippen molar-refractivity contribution < 1.29 is 9.47 Å². The maximum atomic E-state index is 5.47. The molecule has 10 heavy (non-hydrogen) atoms. The number of rotatable bonds is 3. The summed E-state index contributed by atoms with van der Waals surface area (Å²) < 4.78 is 10.5. The first kappa shape index (κ1) is 8.02. The molecule has 60 valence electrons. The molecule has 1 saturated heterocycles. The molecule has 0 spiro atoms. The van der Waals surface area contributed by atoms with Crippen LogP contribution >= 0.6 is 0 Å². The van der Waals surface area contributed by atoms with Crippen LogP contribution in [0, 0.1) is 5.92 Å². The van der Waals surface area contributed by atoms with Crippen LogP contribution in [-0.4, -0.2) is 26.4 Å². The highest BCUT2D eigenvalue weighted by atomic mass is 16.5. The van der Waals surface area contributed by atoms with E-state index < -0.39 is 0 Å². The zero-order valence-corrected chi connectivity index (χ0v) is 6.80. The molecule has 2 heteroatoms. The molecule has 2 nitrogen and oxygen atoms in total. The molecule has 0 amide bonds. The van der Waals surface area contributed by atoms with E-state index in [1.807, 2.05) is 0 Å². The molecule has 1 aliphatic rings. The number of methoxy groups -OCH3 is 1. The summed E-state index contributed by atoms with van der Waals surface area (Å²) in [6.07, 6.45) is 2.79. The summed E-state index contributed by atoms with van der Waals surface area (Å²) in [6.45, 7) is 3.91. The maximum Gasteiger partial charge on any atom is 0.0811 e. The van der Waals surface area contributed by atoms with E-state index in [0.717, 1.165) is 19.1 Å². The monoisotopic (exact) mass is 144 g/mol. The zero-order chi connectivity index (χ0) is 7.40. The first-order chi connectivity index (χ1) is 4.86. The first-order valence-electron chi connectivity index (χ1n) is 3.97. The van der Waals surface area contributed by atoms with Gasteiger partial charge in [0.1, 0.15) is 0 Å². The third-order valence-electron chi connectivity index (χ3n) is 2.09. The van der Waals surface area contributed by atoms with Gasteiger partial charge < -0.3 is 9.47 Å². The van der Waals surface area contributed by atoms with Crippen LogP contribution in [0.3, 0.4) is 0 Å². The molecule has 1 heterocycles. The van der Waals surface area contributed by atoms with E-state index in [-0.39, 0.29) is 0 Å². The fourth-order valence-corrected chi connectivity index (χ4v) is 1.37. The molecule has 0 aliphatic carbocycles. The minimum Gasteiger partial charge on any atom is -0.382 e. The van der Waals surface area contributed by atoms with E-state index in [1.54, 1.807) is 7.11 Å². The summed E-state index contributed by atoms with van der Waals surface area (Å²) in [5.74, 6) is 0.778. The van der Waals surface area contributed by atoms with Gasteiger partial charge in [-0.2, -0.15) is 0 Å². The van der Waals surface area contributed by atoms with Crippen LogP contribution in [0.4, 0.5) is 0 Å². The second-order valence-electron chi connectivity index (χ2n) is 2.92. The molecular weight excluding hydrogens is 128 g/mol. The summed E-state index contributed by atoms with van der Waals surface area (Å²) in [5.41, 5.74) is 0. The second kappa shape index (κ2) is 3.94. The molecule has 0 bridgehead atoms. The lowest BCUT2D eigenvalue weighted by Crippen LogP contribution is -2.12. The smallest absolute Gasteiger partial charge is 0.0811 e. The number of ether oxygens (including phenoxy) is 2. The first-order valence-corrected chi connectivity index (χ1v) is 3.97. The van der Waals surface area contributed by atoms with Gasteiger partial charge in [-0.15, -0.1) is 0 Å². The van der Waals surface area contributed by atoms with Crippen molar-refractivity contribution in [2.45, 2.75) is 25.9 Å². The highest BCUT2D eigenvalue weighted by Gasteiger charge is 2.23. The summed E-state index contributed by atoms with van der Waals surface area (Å²) >= 11 is 0. The number of hydrogen-bond acceptors (Lipinski definition) is 2. The molecule has 0 aromatic carbocycles. The number of hydrogen-bond donors (Lipinski definition) is 0. The van der Waals surface area contributed by atoms with Crippen LogP contribution in [0.25, 0.3) is 0 Å². The molecule has 1 fully saturated rings. The molecule has 0 saturated carbocycles. The van der Waals surface area contributed by atoms with Gasteiger partial charge in [-0.25, -0.2) is 0 Å². The summed E-state index contributed by atoms with van der Waals surface area (Å²) in [4.78, 5) is 0. The minimum absolute atomic E-state index is 0.370. The van der Waals surface area contributed by atoms with E-state index in [2.05, 4.69) is 6.92 Å². The SMILES string of the molecule is CC[C@@H]1CO[C@H](COC)C1. The molecule has 1 aliphatic heterocycles. The Hall–Kier alpha value is -0.0800. The fourth-order valence-electron chi connectivity index (χ4n) is 1.37. The van der Waals surface area contributed by atoms with Gasteiger partial charge in [0, 0.05) is 13.7 Å². The molecule has 0 radical (unpaired) electrons. The van der Waals surface area contributed by atoms with Gasteiger partial charge in [0.25, 0.3) is 0 Å². The molecule has 2 atom stereocenters. The summed E-state index contributed by atoms with van der Waals surface area (Å²) in [7, 11) is 1.72. The van der Waals surface area contributed by atoms with Crippen LogP contribution in [0.1, 0.15) is 19.8 Å². The summed E-state index contributed by atoms with van der Waals surface area (Å²) in [6, 6.07) is 0. The third kappa shape index (κ3) is 1.96. The van der Waals surface area contributed by atoms with E-state index in [9.17, 15) is 0 Å². The molecule has 0 unspecified atom stereocenters. The quantitative estimate of drug-likeness (QED) is 0.597. The van der Waals surface area contributed by atoms with Crippen molar-refractivity contribution in [3.63, 3.8) is 0 Å². The van der Waals surface area contributed by atoms with Crippen molar-refractivity contribution in [3.05, 3.63) is 0 Å². The Morgan fingerprint density at radius 3 is 2.90 bits per heavy atom. The third-order valence-corrected chi connectivity index (χ3v) is 2.09. The van der Waals surface area contributed by atoms with E-state index in [4.69, 9.17) is 9.47 Å². The van der Waals surface area contributed by atoms with Gasteiger partial charge in [0.15, 0.2) is 0 Å². The highest BCUT2D eigenvalue weighted by molar-refractivity contribution is 4.71. The zero-order valence-electron chi connectivity index (χ0n) is 6.80. The van der Waals surface area contributed by atoms with E-state index >= 15 is 0 Å². The normalized spacial score (nSPS) is 33.0. The van der Waals surface area contributed by atoms with Crippen molar-refractivity contribution in [3.8, 4) is 0 Å². The molecular formula is C8H16O2. The summed E-state index contributed by atoms with van der Waals surface area (Å²) in [5, 5.41) is 0. The maximum absolute atomic E-state index is 5.47. The molecule has 0 N–H and O–H groups in total. The van der Waals surface area contributed by atoms with Crippen molar-refractivity contribution in [2.24, 2.45) is 5.92 Å². The Labute approximate surface area is 62.5 Å². The fraction of sp³-hybridized carbons (Fsp3) is 1.00. The Kier molecular flexibility index (Phi) is 3.16. The van der Waals surface area contributed by atoms with Gasteiger partial charge in [-0.05, 0) is 12.3 Å². The molecule has 1 rings (SSSR count). The lowest BCUT2D eigenvalue weighted by molar-refractivity contribution is 0.0368. The average molecular weight is 144 g/mol. The highest BCUT2D eigenvalue weighted by Crippen LogP contribution is 2.21. The Morgan fingerprint density at radius 1 is 1.60 bits per heavy atom. The molecule has 0 aromatic heterocycles. The van der Waals surface area contributed by atoms with Crippen LogP contribution in [0.15, 0.2) is 0 Å². The predicted molar refractivity (Wildman–Crippen MR) is 40.0 cm³/mol.